The summed E-state index contributed by atoms with van der Waals surface area (Å²) in [5.74, 6) is 1.28. The molecule has 0 saturated heterocycles. The van der Waals surface area contributed by atoms with Crippen LogP contribution in [-0.4, -0.2) is 29.2 Å². The van der Waals surface area contributed by atoms with Crippen molar-refractivity contribution in [2.45, 2.75) is 13.8 Å². The van der Waals surface area contributed by atoms with Crippen LogP contribution in [0.1, 0.15) is 21.8 Å². The first-order valence-corrected chi connectivity index (χ1v) is 8.00. The molecule has 2 heterocycles. The van der Waals surface area contributed by atoms with Crippen LogP contribution in [0.15, 0.2) is 53.2 Å². The standard InChI is InChI=1S/C19H19N3O3/c1-13-18(14(2)25-22-13)17-12-15(8-9-20-17)19(23)21-10-11-24-16-6-4-3-5-7-16/h3-9,12H,10-11H2,1-2H3,(H,21,23). The normalized spacial score (nSPS) is 10.5. The summed E-state index contributed by atoms with van der Waals surface area (Å²) in [4.78, 5) is 16.6. The van der Waals surface area contributed by atoms with E-state index in [4.69, 9.17) is 9.26 Å². The first kappa shape index (κ1) is 16.7. The predicted molar refractivity (Wildman–Crippen MR) is 93.5 cm³/mol. The molecular weight excluding hydrogens is 318 g/mol. The summed E-state index contributed by atoms with van der Waals surface area (Å²) in [5.41, 5.74) is 2.77. The number of hydrogen-bond acceptors (Lipinski definition) is 5. The van der Waals surface area contributed by atoms with Crippen molar-refractivity contribution in [3.8, 4) is 17.0 Å². The van der Waals surface area contributed by atoms with Gasteiger partial charge in [-0.25, -0.2) is 0 Å². The lowest BCUT2D eigenvalue weighted by Crippen LogP contribution is -2.28. The molecule has 1 N–H and O–H groups in total. The molecule has 0 atom stereocenters. The molecule has 0 aliphatic carbocycles. The summed E-state index contributed by atoms with van der Waals surface area (Å²) >= 11 is 0. The molecule has 2 aromatic heterocycles. The van der Waals surface area contributed by atoms with Crippen molar-refractivity contribution >= 4 is 5.91 Å². The van der Waals surface area contributed by atoms with Crippen molar-refractivity contribution in [3.63, 3.8) is 0 Å². The summed E-state index contributed by atoms with van der Waals surface area (Å²) in [5, 5.41) is 6.76. The maximum absolute atomic E-state index is 12.3. The van der Waals surface area contributed by atoms with Crippen LogP contribution in [0.3, 0.4) is 0 Å². The van der Waals surface area contributed by atoms with Crippen LogP contribution in [-0.2, 0) is 0 Å². The minimum Gasteiger partial charge on any atom is -0.492 e. The molecule has 0 saturated carbocycles. The number of hydrogen-bond donors (Lipinski definition) is 1. The first-order chi connectivity index (χ1) is 12.1. The molecule has 6 nitrogen and oxygen atoms in total. The second kappa shape index (κ2) is 7.61. The molecule has 0 spiro atoms. The molecule has 0 unspecified atom stereocenters. The van der Waals surface area contributed by atoms with E-state index in [-0.39, 0.29) is 5.91 Å². The number of nitrogens with one attached hydrogen (secondary N) is 1. The number of aryl methyl sites for hydroxylation is 2. The molecule has 3 aromatic rings. The molecule has 3 rings (SSSR count). The second-order valence-electron chi connectivity index (χ2n) is 5.55. The van der Waals surface area contributed by atoms with Gasteiger partial charge in [0.15, 0.2) is 0 Å². The molecule has 1 amide bonds. The van der Waals surface area contributed by atoms with Gasteiger partial charge >= 0.3 is 0 Å². The Labute approximate surface area is 145 Å². The molecule has 0 bridgehead atoms. The fourth-order valence-corrected chi connectivity index (χ4v) is 2.51. The molecule has 0 fully saturated rings. The summed E-state index contributed by atoms with van der Waals surface area (Å²) in [7, 11) is 0. The number of carbonyl (C=O) groups excluding carboxylic acids is 1. The fraction of sp³-hybridized carbons (Fsp3) is 0.211. The lowest BCUT2D eigenvalue weighted by molar-refractivity contribution is 0.0947. The van der Waals surface area contributed by atoms with Crippen molar-refractivity contribution in [3.05, 3.63) is 65.7 Å². The van der Waals surface area contributed by atoms with Gasteiger partial charge in [0.2, 0.25) is 0 Å². The molecule has 0 aliphatic rings. The Kier molecular flexibility index (Phi) is 5.09. The zero-order valence-corrected chi connectivity index (χ0v) is 14.2. The summed E-state index contributed by atoms with van der Waals surface area (Å²) in [6.07, 6.45) is 1.61. The highest BCUT2D eigenvalue weighted by molar-refractivity contribution is 5.95. The van der Waals surface area contributed by atoms with Crippen LogP contribution in [0, 0.1) is 13.8 Å². The Bertz CT molecular complexity index is 840. The van der Waals surface area contributed by atoms with Gasteiger partial charge < -0.3 is 14.6 Å². The maximum atomic E-state index is 12.3. The molecule has 1 aromatic carbocycles. The van der Waals surface area contributed by atoms with E-state index in [9.17, 15) is 4.79 Å². The van der Waals surface area contributed by atoms with Gasteiger partial charge in [0.25, 0.3) is 5.91 Å². The largest absolute Gasteiger partial charge is 0.492 e. The molecular formula is C19H19N3O3. The average molecular weight is 337 g/mol. The van der Waals surface area contributed by atoms with Crippen LogP contribution < -0.4 is 10.1 Å². The Morgan fingerprint density at radius 1 is 1.20 bits per heavy atom. The van der Waals surface area contributed by atoms with E-state index < -0.39 is 0 Å². The Balaban J connectivity index is 1.60. The third-order valence-corrected chi connectivity index (χ3v) is 3.71. The lowest BCUT2D eigenvalue weighted by atomic mass is 10.1. The van der Waals surface area contributed by atoms with E-state index in [1.165, 1.54) is 0 Å². The van der Waals surface area contributed by atoms with Crippen molar-refractivity contribution in [2.24, 2.45) is 0 Å². The lowest BCUT2D eigenvalue weighted by Gasteiger charge is -2.08. The zero-order chi connectivity index (χ0) is 17.6. The Morgan fingerprint density at radius 2 is 2.00 bits per heavy atom. The molecule has 128 valence electrons. The Hall–Kier alpha value is -3.15. The molecule has 0 aliphatic heterocycles. The summed E-state index contributed by atoms with van der Waals surface area (Å²) in [6.45, 7) is 4.49. The number of aromatic nitrogens is 2. The SMILES string of the molecule is Cc1noc(C)c1-c1cc(C(=O)NCCOc2ccccc2)ccn1. The number of ether oxygens (including phenoxy) is 1. The molecule has 0 radical (unpaired) electrons. The van der Waals surface area contributed by atoms with Gasteiger partial charge in [0.05, 0.1) is 23.5 Å². The smallest absolute Gasteiger partial charge is 0.251 e. The van der Waals surface area contributed by atoms with Crippen molar-refractivity contribution in [1.29, 1.82) is 0 Å². The van der Waals surface area contributed by atoms with E-state index in [0.717, 1.165) is 17.0 Å². The average Bonchev–Trinajstić information content (AvgIpc) is 2.98. The highest BCUT2D eigenvalue weighted by Gasteiger charge is 2.14. The van der Waals surface area contributed by atoms with Crippen molar-refractivity contribution in [1.82, 2.24) is 15.5 Å². The predicted octanol–water partition coefficient (Wildman–Crippen LogP) is 3.16. The first-order valence-electron chi connectivity index (χ1n) is 8.00. The maximum Gasteiger partial charge on any atom is 0.251 e. The monoisotopic (exact) mass is 337 g/mol. The minimum absolute atomic E-state index is 0.174. The number of pyridine rings is 1. The molecule has 25 heavy (non-hydrogen) atoms. The summed E-state index contributed by atoms with van der Waals surface area (Å²) < 4.78 is 10.7. The van der Waals surface area contributed by atoms with Crippen molar-refractivity contribution in [2.75, 3.05) is 13.2 Å². The summed E-state index contributed by atoms with van der Waals surface area (Å²) in [6, 6.07) is 12.9. The van der Waals surface area contributed by atoms with E-state index >= 15 is 0 Å². The highest BCUT2D eigenvalue weighted by Crippen LogP contribution is 2.25. The highest BCUT2D eigenvalue weighted by atomic mass is 16.5. The number of amides is 1. The zero-order valence-electron chi connectivity index (χ0n) is 14.2. The second-order valence-corrected chi connectivity index (χ2v) is 5.55. The fourth-order valence-electron chi connectivity index (χ4n) is 2.51. The number of rotatable bonds is 6. The van der Waals surface area contributed by atoms with Gasteiger partial charge in [0.1, 0.15) is 18.1 Å². The minimum atomic E-state index is -0.174. The van der Waals surface area contributed by atoms with Gasteiger partial charge in [-0.3, -0.25) is 9.78 Å². The van der Waals surface area contributed by atoms with E-state index in [1.54, 1.807) is 18.3 Å². The number of nitrogens with zero attached hydrogens (tertiary/aromatic N) is 2. The number of para-hydroxylation sites is 1. The van der Waals surface area contributed by atoms with Crippen molar-refractivity contribution < 1.29 is 14.1 Å². The third kappa shape index (κ3) is 4.03. The van der Waals surface area contributed by atoms with Crippen LogP contribution >= 0.6 is 0 Å². The third-order valence-electron chi connectivity index (χ3n) is 3.71. The quantitative estimate of drug-likeness (QED) is 0.699. The Morgan fingerprint density at radius 3 is 2.72 bits per heavy atom. The van der Waals surface area contributed by atoms with Gasteiger partial charge in [-0.15, -0.1) is 0 Å². The number of carbonyl (C=O) groups is 1. The van der Waals surface area contributed by atoms with Gasteiger partial charge in [-0.1, -0.05) is 23.4 Å². The van der Waals surface area contributed by atoms with Crippen LogP contribution in [0.25, 0.3) is 11.3 Å². The van der Waals surface area contributed by atoms with Gasteiger partial charge in [-0.2, -0.15) is 0 Å². The van der Waals surface area contributed by atoms with Crippen LogP contribution in [0.5, 0.6) is 5.75 Å². The van der Waals surface area contributed by atoms with Crippen LogP contribution in [0.2, 0.25) is 0 Å². The van der Waals surface area contributed by atoms with Crippen LogP contribution in [0.4, 0.5) is 0 Å². The van der Waals surface area contributed by atoms with Gasteiger partial charge in [-0.05, 0) is 38.1 Å². The van der Waals surface area contributed by atoms with E-state index in [0.29, 0.717) is 30.2 Å². The van der Waals surface area contributed by atoms with E-state index in [2.05, 4.69) is 15.5 Å². The van der Waals surface area contributed by atoms with E-state index in [1.807, 2.05) is 44.2 Å². The van der Waals surface area contributed by atoms with Gasteiger partial charge in [0, 0.05) is 11.8 Å². The topological polar surface area (TPSA) is 77.2 Å². The molecule has 6 heteroatoms. The number of benzene rings is 1.